The molecule has 1 aromatic heterocycles. The highest BCUT2D eigenvalue weighted by Crippen LogP contribution is 2.40. The van der Waals surface area contributed by atoms with E-state index in [1.165, 1.54) is 0 Å². The van der Waals surface area contributed by atoms with E-state index in [9.17, 15) is 4.79 Å². The van der Waals surface area contributed by atoms with Gasteiger partial charge in [-0.15, -0.1) is 6.42 Å². The molecule has 6 heteroatoms. The molecule has 0 bridgehead atoms. The summed E-state index contributed by atoms with van der Waals surface area (Å²) in [5.74, 6) is 3.22. The van der Waals surface area contributed by atoms with Crippen LogP contribution in [0.5, 0.6) is 0 Å². The van der Waals surface area contributed by atoms with Crippen LogP contribution in [0, 0.1) is 17.8 Å². The first-order chi connectivity index (χ1) is 11.3. The molecule has 6 nitrogen and oxygen atoms in total. The normalized spacial score (nSPS) is 19.6. The Morgan fingerprint density at radius 2 is 1.96 bits per heavy atom. The predicted molar refractivity (Wildman–Crippen MR) is 91.7 cm³/mol. The van der Waals surface area contributed by atoms with E-state index in [1.54, 1.807) is 12.4 Å². The lowest BCUT2D eigenvalue weighted by atomic mass is 9.73. The fraction of sp³-hybridized carbons (Fsp3) is 0.611. The molecule has 1 spiro atoms. The molecule has 24 heavy (non-hydrogen) atoms. The Labute approximate surface area is 143 Å². The number of terminal acetylenes is 1. The minimum Gasteiger partial charge on any atom is -0.444 e. The van der Waals surface area contributed by atoms with Gasteiger partial charge in [-0.2, -0.15) is 0 Å². The highest BCUT2D eigenvalue weighted by molar-refractivity contribution is 5.68. The Bertz CT molecular complexity index is 651. The highest BCUT2D eigenvalue weighted by Gasteiger charge is 2.47. The Hall–Kier alpha value is -2.29. The van der Waals surface area contributed by atoms with Gasteiger partial charge in [-0.05, 0) is 33.6 Å². The number of hydrogen-bond donors (Lipinski definition) is 0. The molecule has 0 unspecified atom stereocenters. The second-order valence-electron chi connectivity index (χ2n) is 7.78. The van der Waals surface area contributed by atoms with Crippen molar-refractivity contribution in [3.05, 3.63) is 18.0 Å². The number of rotatable bonds is 1. The average Bonchev–Trinajstić information content (AvgIpc) is 2.51. The fourth-order valence-corrected chi connectivity index (χ4v) is 3.41. The van der Waals surface area contributed by atoms with E-state index in [4.69, 9.17) is 11.2 Å². The zero-order valence-corrected chi connectivity index (χ0v) is 14.6. The summed E-state index contributed by atoms with van der Waals surface area (Å²) in [6, 6.07) is 0. The number of nitrogens with zero attached hydrogens (tertiary/aromatic N) is 4. The lowest BCUT2D eigenvalue weighted by Gasteiger charge is -2.54. The van der Waals surface area contributed by atoms with E-state index in [2.05, 4.69) is 20.8 Å². The van der Waals surface area contributed by atoms with E-state index in [0.29, 0.717) is 11.5 Å². The molecule has 2 fully saturated rings. The third-order valence-electron chi connectivity index (χ3n) is 4.45. The summed E-state index contributed by atoms with van der Waals surface area (Å²) >= 11 is 0. The summed E-state index contributed by atoms with van der Waals surface area (Å²) < 4.78 is 5.51. The number of aromatic nitrogens is 2. The Morgan fingerprint density at radius 1 is 1.29 bits per heavy atom. The van der Waals surface area contributed by atoms with Crippen LogP contribution in [-0.2, 0) is 4.74 Å². The van der Waals surface area contributed by atoms with Gasteiger partial charge in [-0.25, -0.2) is 14.8 Å². The Kier molecular flexibility index (Phi) is 4.12. The van der Waals surface area contributed by atoms with Gasteiger partial charge in [0.25, 0.3) is 0 Å². The maximum atomic E-state index is 12.3. The van der Waals surface area contributed by atoms with Crippen molar-refractivity contribution in [1.82, 2.24) is 14.9 Å². The number of piperidine rings is 1. The summed E-state index contributed by atoms with van der Waals surface area (Å²) in [6.07, 6.45) is 10.6. The average molecular weight is 328 g/mol. The fourth-order valence-electron chi connectivity index (χ4n) is 3.41. The number of amides is 1. The molecule has 2 aliphatic heterocycles. The molecule has 128 valence electrons. The second-order valence-corrected chi connectivity index (χ2v) is 7.78. The first kappa shape index (κ1) is 16.6. The summed E-state index contributed by atoms with van der Waals surface area (Å²) in [6.45, 7) is 8.92. The van der Waals surface area contributed by atoms with E-state index in [-0.39, 0.29) is 11.5 Å². The minimum atomic E-state index is -0.458. The SMILES string of the molecule is C#Cc1cnc(N2CC3(CCCN(C(=O)OC(C)(C)C)C3)C2)nc1. The van der Waals surface area contributed by atoms with E-state index < -0.39 is 5.60 Å². The van der Waals surface area contributed by atoms with Gasteiger partial charge in [0, 0.05) is 44.0 Å². The number of ether oxygens (including phenoxy) is 1. The van der Waals surface area contributed by atoms with Crippen molar-refractivity contribution in [2.45, 2.75) is 39.2 Å². The summed E-state index contributed by atoms with van der Waals surface area (Å²) in [5, 5.41) is 0. The standard InChI is InChI=1S/C18H24N4O2/c1-5-14-9-19-15(20-10-14)22-12-18(13-22)7-6-8-21(11-18)16(23)24-17(2,3)4/h1,9-10H,6-8,11-13H2,2-4H3. The van der Waals surface area contributed by atoms with E-state index >= 15 is 0 Å². The van der Waals surface area contributed by atoms with Crippen LogP contribution in [0.15, 0.2) is 12.4 Å². The quantitative estimate of drug-likeness (QED) is 0.740. The Morgan fingerprint density at radius 3 is 2.54 bits per heavy atom. The van der Waals surface area contributed by atoms with Crippen LogP contribution >= 0.6 is 0 Å². The molecule has 1 aromatic rings. The summed E-state index contributed by atoms with van der Waals surface area (Å²) in [7, 11) is 0. The molecule has 3 heterocycles. The largest absolute Gasteiger partial charge is 0.444 e. The van der Waals surface area contributed by atoms with Crippen LogP contribution in [0.25, 0.3) is 0 Å². The maximum Gasteiger partial charge on any atom is 0.410 e. The van der Waals surface area contributed by atoms with E-state index in [1.807, 2.05) is 25.7 Å². The van der Waals surface area contributed by atoms with Crippen molar-refractivity contribution in [1.29, 1.82) is 0 Å². The van der Waals surface area contributed by atoms with Gasteiger partial charge in [-0.1, -0.05) is 5.92 Å². The predicted octanol–water partition coefficient (Wildman–Crippen LogP) is 2.30. The highest BCUT2D eigenvalue weighted by atomic mass is 16.6. The monoisotopic (exact) mass is 328 g/mol. The summed E-state index contributed by atoms with van der Waals surface area (Å²) in [5.41, 5.74) is 0.353. The van der Waals surface area contributed by atoms with Gasteiger partial charge in [-0.3, -0.25) is 0 Å². The molecule has 2 saturated heterocycles. The van der Waals surface area contributed by atoms with Crippen LogP contribution < -0.4 is 4.90 Å². The maximum absolute atomic E-state index is 12.3. The van der Waals surface area contributed by atoms with Gasteiger partial charge in [0.2, 0.25) is 5.95 Å². The molecule has 0 aliphatic carbocycles. The van der Waals surface area contributed by atoms with Crippen LogP contribution in [-0.4, -0.2) is 52.7 Å². The molecule has 1 amide bonds. The zero-order valence-electron chi connectivity index (χ0n) is 14.6. The summed E-state index contributed by atoms with van der Waals surface area (Å²) in [4.78, 5) is 24.9. The van der Waals surface area contributed by atoms with Crippen molar-refractivity contribution < 1.29 is 9.53 Å². The van der Waals surface area contributed by atoms with Crippen molar-refractivity contribution in [2.24, 2.45) is 5.41 Å². The third kappa shape index (κ3) is 3.45. The molecular formula is C18H24N4O2. The molecule has 0 N–H and O–H groups in total. The lowest BCUT2D eigenvalue weighted by Crippen LogP contribution is -2.64. The number of carbonyl (C=O) groups excluding carboxylic acids is 1. The number of hydrogen-bond acceptors (Lipinski definition) is 5. The Balaban J connectivity index is 1.60. The van der Waals surface area contributed by atoms with Crippen molar-refractivity contribution in [3.8, 4) is 12.3 Å². The smallest absolute Gasteiger partial charge is 0.410 e. The van der Waals surface area contributed by atoms with Crippen LogP contribution in [0.3, 0.4) is 0 Å². The van der Waals surface area contributed by atoms with Crippen molar-refractivity contribution in [3.63, 3.8) is 0 Å². The minimum absolute atomic E-state index is 0.128. The van der Waals surface area contributed by atoms with Gasteiger partial charge in [0.1, 0.15) is 5.60 Å². The van der Waals surface area contributed by atoms with Crippen molar-refractivity contribution in [2.75, 3.05) is 31.1 Å². The third-order valence-corrected chi connectivity index (χ3v) is 4.45. The van der Waals surface area contributed by atoms with Crippen LogP contribution in [0.2, 0.25) is 0 Å². The second kappa shape index (κ2) is 5.97. The first-order valence-corrected chi connectivity index (χ1v) is 8.32. The molecule has 2 aliphatic rings. The van der Waals surface area contributed by atoms with Gasteiger partial charge >= 0.3 is 6.09 Å². The van der Waals surface area contributed by atoms with Crippen LogP contribution in [0.1, 0.15) is 39.2 Å². The lowest BCUT2D eigenvalue weighted by molar-refractivity contribution is -0.00165. The van der Waals surface area contributed by atoms with Crippen LogP contribution in [0.4, 0.5) is 10.7 Å². The molecule has 3 rings (SSSR count). The molecule has 0 radical (unpaired) electrons. The molecule has 0 atom stereocenters. The zero-order chi connectivity index (χ0) is 17.4. The molecular weight excluding hydrogens is 304 g/mol. The molecule has 0 saturated carbocycles. The van der Waals surface area contributed by atoms with Gasteiger partial charge < -0.3 is 14.5 Å². The van der Waals surface area contributed by atoms with Gasteiger partial charge in [0.15, 0.2) is 0 Å². The number of likely N-dealkylation sites (tertiary alicyclic amines) is 1. The van der Waals surface area contributed by atoms with Gasteiger partial charge in [0.05, 0.1) is 5.56 Å². The first-order valence-electron chi connectivity index (χ1n) is 8.32. The number of anilines is 1. The topological polar surface area (TPSA) is 58.6 Å². The molecule has 0 aromatic carbocycles. The van der Waals surface area contributed by atoms with E-state index in [0.717, 1.165) is 39.0 Å². The van der Waals surface area contributed by atoms with Crippen molar-refractivity contribution >= 4 is 12.0 Å². The number of carbonyl (C=O) groups is 1.